The molecule has 0 aliphatic carbocycles. The van der Waals surface area contributed by atoms with Crippen LogP contribution in [-0.4, -0.2) is 31.2 Å². The maximum absolute atomic E-state index is 8.47. The van der Waals surface area contributed by atoms with Crippen LogP contribution in [0.25, 0.3) is 0 Å². The molecule has 0 amide bonds. The number of hydrogen-bond acceptors (Lipinski definition) is 3. The van der Waals surface area contributed by atoms with Gasteiger partial charge in [0.15, 0.2) is 6.29 Å². The zero-order valence-corrected chi connectivity index (χ0v) is 6.79. The van der Waals surface area contributed by atoms with E-state index in [1.54, 1.807) is 0 Å². The summed E-state index contributed by atoms with van der Waals surface area (Å²) in [6, 6.07) is 0. The predicted molar refractivity (Wildman–Crippen MR) is 41.2 cm³/mol. The van der Waals surface area contributed by atoms with E-state index in [2.05, 4.69) is 0 Å². The van der Waals surface area contributed by atoms with E-state index in [9.17, 15) is 0 Å². The van der Waals surface area contributed by atoms with Crippen LogP contribution in [0.2, 0.25) is 0 Å². The molecule has 0 saturated carbocycles. The second kappa shape index (κ2) is 5.52. The molecule has 3 nitrogen and oxygen atoms in total. The summed E-state index contributed by atoms with van der Waals surface area (Å²) >= 11 is 0. The van der Waals surface area contributed by atoms with E-state index in [1.807, 2.05) is 0 Å². The van der Waals surface area contributed by atoms with Gasteiger partial charge in [-0.05, 0) is 19.3 Å². The Morgan fingerprint density at radius 1 is 1.45 bits per heavy atom. The first-order chi connectivity index (χ1) is 5.43. The molecule has 0 bridgehead atoms. The summed E-state index contributed by atoms with van der Waals surface area (Å²) in [5, 5.41) is 8.47. The van der Waals surface area contributed by atoms with Gasteiger partial charge in [0.05, 0.1) is 0 Å². The largest absolute Gasteiger partial charge is 0.396 e. The number of ether oxygens (including phenoxy) is 2. The SMILES string of the molecule is OCCCCO[C@H]1CCCO1. The Morgan fingerprint density at radius 2 is 2.36 bits per heavy atom. The van der Waals surface area contributed by atoms with Gasteiger partial charge < -0.3 is 14.6 Å². The molecular formula is C8H16O3. The van der Waals surface area contributed by atoms with Gasteiger partial charge in [0, 0.05) is 26.2 Å². The van der Waals surface area contributed by atoms with Crippen molar-refractivity contribution >= 4 is 0 Å². The van der Waals surface area contributed by atoms with Gasteiger partial charge in [-0.1, -0.05) is 0 Å². The second-order valence-corrected chi connectivity index (χ2v) is 2.74. The third-order valence-electron chi connectivity index (χ3n) is 1.74. The predicted octanol–water partition coefficient (Wildman–Crippen LogP) is 0.912. The van der Waals surface area contributed by atoms with Gasteiger partial charge in [0.1, 0.15) is 0 Å². The van der Waals surface area contributed by atoms with Crippen molar-refractivity contribution in [2.75, 3.05) is 19.8 Å². The van der Waals surface area contributed by atoms with Crippen LogP contribution in [-0.2, 0) is 9.47 Å². The molecule has 1 rings (SSSR count). The van der Waals surface area contributed by atoms with Gasteiger partial charge >= 0.3 is 0 Å². The van der Waals surface area contributed by atoms with Crippen LogP contribution >= 0.6 is 0 Å². The lowest BCUT2D eigenvalue weighted by atomic mass is 10.3. The lowest BCUT2D eigenvalue weighted by Crippen LogP contribution is -2.11. The molecule has 1 heterocycles. The summed E-state index contributed by atoms with van der Waals surface area (Å²) in [5.41, 5.74) is 0. The highest BCUT2D eigenvalue weighted by Gasteiger charge is 2.14. The highest BCUT2D eigenvalue weighted by Crippen LogP contribution is 2.13. The fourth-order valence-electron chi connectivity index (χ4n) is 1.11. The van der Waals surface area contributed by atoms with Gasteiger partial charge in [-0.3, -0.25) is 0 Å². The van der Waals surface area contributed by atoms with Crippen LogP contribution in [0.3, 0.4) is 0 Å². The molecule has 1 aliphatic rings. The van der Waals surface area contributed by atoms with Gasteiger partial charge in [0.2, 0.25) is 0 Å². The molecule has 0 aromatic heterocycles. The van der Waals surface area contributed by atoms with Gasteiger partial charge in [-0.2, -0.15) is 0 Å². The number of rotatable bonds is 5. The average Bonchev–Trinajstić information content (AvgIpc) is 2.50. The quantitative estimate of drug-likeness (QED) is 0.607. The zero-order valence-electron chi connectivity index (χ0n) is 6.79. The Labute approximate surface area is 67.3 Å². The van der Waals surface area contributed by atoms with E-state index < -0.39 is 0 Å². The van der Waals surface area contributed by atoms with Crippen LogP contribution in [0, 0.1) is 0 Å². The van der Waals surface area contributed by atoms with Crippen molar-refractivity contribution in [3.05, 3.63) is 0 Å². The van der Waals surface area contributed by atoms with Crippen molar-refractivity contribution in [3.8, 4) is 0 Å². The highest BCUT2D eigenvalue weighted by atomic mass is 16.7. The summed E-state index contributed by atoms with van der Waals surface area (Å²) in [5.74, 6) is 0. The van der Waals surface area contributed by atoms with E-state index in [1.165, 1.54) is 0 Å². The lowest BCUT2D eigenvalue weighted by molar-refractivity contribution is -0.111. The summed E-state index contributed by atoms with van der Waals surface area (Å²) in [6.07, 6.45) is 3.93. The fourth-order valence-corrected chi connectivity index (χ4v) is 1.11. The van der Waals surface area contributed by atoms with Gasteiger partial charge in [-0.25, -0.2) is 0 Å². The highest BCUT2D eigenvalue weighted by molar-refractivity contribution is 4.54. The molecule has 0 spiro atoms. The number of aliphatic hydroxyl groups excluding tert-OH is 1. The minimum atomic E-state index is 0.0358. The smallest absolute Gasteiger partial charge is 0.157 e. The van der Waals surface area contributed by atoms with Crippen molar-refractivity contribution < 1.29 is 14.6 Å². The molecule has 1 saturated heterocycles. The van der Waals surface area contributed by atoms with Crippen molar-refractivity contribution in [2.45, 2.75) is 32.0 Å². The minimum Gasteiger partial charge on any atom is -0.396 e. The zero-order chi connectivity index (χ0) is 7.94. The molecule has 1 fully saturated rings. The van der Waals surface area contributed by atoms with Crippen LogP contribution in [0.4, 0.5) is 0 Å². The molecule has 0 radical (unpaired) electrons. The summed E-state index contributed by atoms with van der Waals surface area (Å²) < 4.78 is 10.6. The molecular weight excluding hydrogens is 144 g/mol. The second-order valence-electron chi connectivity index (χ2n) is 2.74. The molecule has 1 N–H and O–H groups in total. The van der Waals surface area contributed by atoms with Crippen LogP contribution in [0.15, 0.2) is 0 Å². The first-order valence-electron chi connectivity index (χ1n) is 4.27. The van der Waals surface area contributed by atoms with Gasteiger partial charge in [-0.15, -0.1) is 0 Å². The topological polar surface area (TPSA) is 38.7 Å². The van der Waals surface area contributed by atoms with Crippen LogP contribution < -0.4 is 0 Å². The minimum absolute atomic E-state index is 0.0358. The average molecular weight is 160 g/mol. The molecule has 0 unspecified atom stereocenters. The van der Waals surface area contributed by atoms with Crippen molar-refractivity contribution in [2.24, 2.45) is 0 Å². The molecule has 66 valence electrons. The fraction of sp³-hybridized carbons (Fsp3) is 1.00. The van der Waals surface area contributed by atoms with Crippen molar-refractivity contribution in [3.63, 3.8) is 0 Å². The Bertz CT molecular complexity index is 89.3. The molecule has 0 aromatic rings. The molecule has 1 atom stereocenters. The maximum atomic E-state index is 8.47. The molecule has 3 heteroatoms. The van der Waals surface area contributed by atoms with E-state index >= 15 is 0 Å². The standard InChI is InChI=1S/C8H16O3/c9-5-1-2-6-10-8-4-3-7-11-8/h8-9H,1-7H2/t8-/m1/s1. The van der Waals surface area contributed by atoms with Crippen molar-refractivity contribution in [1.29, 1.82) is 0 Å². The van der Waals surface area contributed by atoms with Crippen LogP contribution in [0.5, 0.6) is 0 Å². The monoisotopic (exact) mass is 160 g/mol. The van der Waals surface area contributed by atoms with E-state index in [-0.39, 0.29) is 12.9 Å². The molecule has 0 aromatic carbocycles. The Hall–Kier alpha value is -0.120. The Morgan fingerprint density at radius 3 is 3.00 bits per heavy atom. The Kier molecular flexibility index (Phi) is 4.50. The van der Waals surface area contributed by atoms with E-state index in [0.29, 0.717) is 6.61 Å². The van der Waals surface area contributed by atoms with Gasteiger partial charge in [0.25, 0.3) is 0 Å². The number of unbranched alkanes of at least 4 members (excludes halogenated alkanes) is 1. The third-order valence-corrected chi connectivity index (χ3v) is 1.74. The first kappa shape index (κ1) is 8.97. The lowest BCUT2D eigenvalue weighted by Gasteiger charge is -2.09. The first-order valence-corrected chi connectivity index (χ1v) is 4.27. The molecule has 11 heavy (non-hydrogen) atoms. The van der Waals surface area contributed by atoms with Crippen LogP contribution in [0.1, 0.15) is 25.7 Å². The van der Waals surface area contributed by atoms with E-state index in [0.717, 1.165) is 32.3 Å². The number of hydrogen-bond donors (Lipinski definition) is 1. The third kappa shape index (κ3) is 3.70. The molecule has 1 aliphatic heterocycles. The number of aliphatic hydroxyl groups is 1. The normalized spacial score (nSPS) is 24.3. The maximum Gasteiger partial charge on any atom is 0.157 e. The summed E-state index contributed by atoms with van der Waals surface area (Å²) in [6.45, 7) is 1.81. The summed E-state index contributed by atoms with van der Waals surface area (Å²) in [7, 11) is 0. The van der Waals surface area contributed by atoms with E-state index in [4.69, 9.17) is 14.6 Å². The summed E-state index contributed by atoms with van der Waals surface area (Å²) in [4.78, 5) is 0. The van der Waals surface area contributed by atoms with Crippen molar-refractivity contribution in [1.82, 2.24) is 0 Å². The Balaban J connectivity index is 1.86.